The number of pyridine rings is 1. The van der Waals surface area contributed by atoms with Crippen LogP contribution >= 0.6 is 27.5 Å². The Morgan fingerprint density at radius 2 is 1.70 bits per heavy atom. The standard InChI is InChI=1S/C12H6BrClF3NO2/c13-10-5-7(14)6-18-11(10)19-8-1-3-9(4-2-8)20-12(15,16)17/h1-6H. The van der Waals surface area contributed by atoms with Crippen molar-refractivity contribution in [1.29, 1.82) is 0 Å². The van der Waals surface area contributed by atoms with E-state index in [1.165, 1.54) is 18.3 Å². The van der Waals surface area contributed by atoms with Crippen molar-refractivity contribution in [3.63, 3.8) is 0 Å². The summed E-state index contributed by atoms with van der Waals surface area (Å²) >= 11 is 8.94. The number of hydrogen-bond acceptors (Lipinski definition) is 3. The van der Waals surface area contributed by atoms with Gasteiger partial charge in [-0.1, -0.05) is 11.6 Å². The first kappa shape index (κ1) is 14.9. The number of nitrogens with zero attached hydrogens (tertiary/aromatic N) is 1. The molecule has 106 valence electrons. The zero-order valence-electron chi connectivity index (χ0n) is 9.62. The van der Waals surface area contributed by atoms with Gasteiger partial charge in [0.15, 0.2) is 0 Å². The predicted octanol–water partition coefficient (Wildman–Crippen LogP) is 5.19. The molecule has 0 aliphatic rings. The first-order valence-electron chi connectivity index (χ1n) is 5.18. The zero-order chi connectivity index (χ0) is 14.8. The van der Waals surface area contributed by atoms with Gasteiger partial charge in [0.2, 0.25) is 5.88 Å². The van der Waals surface area contributed by atoms with Crippen LogP contribution in [0.3, 0.4) is 0 Å². The molecule has 0 saturated heterocycles. The summed E-state index contributed by atoms with van der Waals surface area (Å²) in [4.78, 5) is 3.94. The fraction of sp³-hybridized carbons (Fsp3) is 0.0833. The summed E-state index contributed by atoms with van der Waals surface area (Å²) < 4.78 is 45.7. The van der Waals surface area contributed by atoms with Crippen molar-refractivity contribution in [1.82, 2.24) is 4.98 Å². The molecule has 0 fully saturated rings. The van der Waals surface area contributed by atoms with Crippen LogP contribution in [-0.4, -0.2) is 11.3 Å². The molecular weight excluding hydrogens is 362 g/mol. The highest BCUT2D eigenvalue weighted by Crippen LogP contribution is 2.31. The van der Waals surface area contributed by atoms with Crippen molar-refractivity contribution in [2.75, 3.05) is 0 Å². The van der Waals surface area contributed by atoms with E-state index < -0.39 is 6.36 Å². The second-order valence-electron chi connectivity index (χ2n) is 3.56. The van der Waals surface area contributed by atoms with Crippen molar-refractivity contribution < 1.29 is 22.6 Å². The molecule has 0 atom stereocenters. The van der Waals surface area contributed by atoms with Crippen LogP contribution in [0, 0.1) is 0 Å². The van der Waals surface area contributed by atoms with Gasteiger partial charge in [-0.05, 0) is 46.3 Å². The van der Waals surface area contributed by atoms with Gasteiger partial charge in [0, 0.05) is 6.20 Å². The molecule has 0 radical (unpaired) electrons. The molecule has 1 heterocycles. The fourth-order valence-electron chi connectivity index (χ4n) is 1.30. The molecule has 0 spiro atoms. The van der Waals surface area contributed by atoms with Gasteiger partial charge in [0.05, 0.1) is 9.50 Å². The normalized spacial score (nSPS) is 11.2. The molecule has 0 unspecified atom stereocenters. The van der Waals surface area contributed by atoms with Crippen LogP contribution in [0.15, 0.2) is 41.0 Å². The highest BCUT2D eigenvalue weighted by molar-refractivity contribution is 9.10. The average Bonchev–Trinajstić information content (AvgIpc) is 2.33. The molecule has 0 aliphatic heterocycles. The maximum Gasteiger partial charge on any atom is 0.573 e. The first-order valence-corrected chi connectivity index (χ1v) is 6.35. The first-order chi connectivity index (χ1) is 9.33. The number of aromatic nitrogens is 1. The Morgan fingerprint density at radius 3 is 2.25 bits per heavy atom. The summed E-state index contributed by atoms with van der Waals surface area (Å²) in [7, 11) is 0. The molecule has 8 heteroatoms. The van der Waals surface area contributed by atoms with Gasteiger partial charge in [-0.2, -0.15) is 0 Å². The lowest BCUT2D eigenvalue weighted by Crippen LogP contribution is -2.16. The third-order valence-corrected chi connectivity index (χ3v) is 2.82. The number of ether oxygens (including phenoxy) is 2. The number of benzene rings is 1. The van der Waals surface area contributed by atoms with Gasteiger partial charge in [0.1, 0.15) is 11.5 Å². The van der Waals surface area contributed by atoms with Crippen molar-refractivity contribution in [2.24, 2.45) is 0 Å². The second-order valence-corrected chi connectivity index (χ2v) is 4.85. The third-order valence-electron chi connectivity index (χ3n) is 2.05. The van der Waals surface area contributed by atoms with Crippen LogP contribution in [0.4, 0.5) is 13.2 Å². The van der Waals surface area contributed by atoms with Crippen molar-refractivity contribution in [2.45, 2.75) is 6.36 Å². The molecule has 0 bridgehead atoms. The van der Waals surface area contributed by atoms with Gasteiger partial charge in [0.25, 0.3) is 0 Å². The maximum atomic E-state index is 12.0. The minimum Gasteiger partial charge on any atom is -0.438 e. The van der Waals surface area contributed by atoms with Crippen molar-refractivity contribution in [3.05, 3.63) is 46.0 Å². The van der Waals surface area contributed by atoms with E-state index in [1.807, 2.05) is 0 Å². The van der Waals surface area contributed by atoms with Gasteiger partial charge in [-0.15, -0.1) is 13.2 Å². The minimum absolute atomic E-state index is 0.249. The third kappa shape index (κ3) is 4.28. The average molecular weight is 369 g/mol. The number of hydrogen-bond donors (Lipinski definition) is 0. The van der Waals surface area contributed by atoms with E-state index in [9.17, 15) is 13.2 Å². The van der Waals surface area contributed by atoms with E-state index in [-0.39, 0.29) is 11.6 Å². The van der Waals surface area contributed by atoms with Gasteiger partial charge < -0.3 is 9.47 Å². The minimum atomic E-state index is -4.72. The lowest BCUT2D eigenvalue weighted by molar-refractivity contribution is -0.274. The van der Waals surface area contributed by atoms with Crippen LogP contribution in [0.2, 0.25) is 5.02 Å². The van der Waals surface area contributed by atoms with Crippen LogP contribution in [0.25, 0.3) is 0 Å². The molecule has 2 rings (SSSR count). The summed E-state index contributed by atoms with van der Waals surface area (Å²) in [6.45, 7) is 0. The van der Waals surface area contributed by atoms with Crippen molar-refractivity contribution >= 4 is 27.5 Å². The Labute approximate surface area is 125 Å². The lowest BCUT2D eigenvalue weighted by atomic mass is 10.3. The SMILES string of the molecule is FC(F)(F)Oc1ccc(Oc2ncc(Cl)cc2Br)cc1. The second kappa shape index (κ2) is 5.88. The van der Waals surface area contributed by atoms with E-state index in [2.05, 4.69) is 25.7 Å². The molecule has 1 aromatic heterocycles. The fourth-order valence-corrected chi connectivity index (χ4v) is 2.02. The molecular formula is C12H6BrClF3NO2. The predicted molar refractivity (Wildman–Crippen MR) is 70.1 cm³/mol. The Bertz CT molecular complexity index is 605. The van der Waals surface area contributed by atoms with Crippen LogP contribution in [-0.2, 0) is 0 Å². The summed E-state index contributed by atoms with van der Waals surface area (Å²) in [5, 5.41) is 0.429. The Balaban J connectivity index is 2.11. The summed E-state index contributed by atoms with van der Waals surface area (Å²) in [5.41, 5.74) is 0. The molecule has 20 heavy (non-hydrogen) atoms. The molecule has 0 N–H and O–H groups in total. The van der Waals surface area contributed by atoms with Crippen LogP contribution in [0.1, 0.15) is 0 Å². The Kier molecular flexibility index (Phi) is 4.39. The van der Waals surface area contributed by atoms with E-state index in [4.69, 9.17) is 16.3 Å². The van der Waals surface area contributed by atoms with Gasteiger partial charge >= 0.3 is 6.36 Å². The van der Waals surface area contributed by atoms with E-state index in [0.717, 1.165) is 12.1 Å². The van der Waals surface area contributed by atoms with Crippen LogP contribution < -0.4 is 9.47 Å². The zero-order valence-corrected chi connectivity index (χ0v) is 12.0. The van der Waals surface area contributed by atoms with E-state index >= 15 is 0 Å². The number of halogens is 5. The van der Waals surface area contributed by atoms with E-state index in [1.54, 1.807) is 6.07 Å². The monoisotopic (exact) mass is 367 g/mol. The number of rotatable bonds is 3. The molecule has 0 aliphatic carbocycles. The van der Waals surface area contributed by atoms with Crippen LogP contribution in [0.5, 0.6) is 17.4 Å². The molecule has 0 saturated carbocycles. The van der Waals surface area contributed by atoms with E-state index in [0.29, 0.717) is 15.2 Å². The molecule has 3 nitrogen and oxygen atoms in total. The largest absolute Gasteiger partial charge is 0.573 e. The Hall–Kier alpha value is -1.47. The molecule has 2 aromatic rings. The van der Waals surface area contributed by atoms with Gasteiger partial charge in [-0.25, -0.2) is 4.98 Å². The molecule has 0 amide bonds. The summed E-state index contributed by atoms with van der Waals surface area (Å²) in [5.74, 6) is 0.238. The summed E-state index contributed by atoms with van der Waals surface area (Å²) in [6, 6.07) is 6.55. The lowest BCUT2D eigenvalue weighted by Gasteiger charge is -2.10. The highest BCUT2D eigenvalue weighted by atomic mass is 79.9. The number of alkyl halides is 3. The topological polar surface area (TPSA) is 31.4 Å². The quantitative estimate of drug-likeness (QED) is 0.747. The Morgan fingerprint density at radius 1 is 1.10 bits per heavy atom. The highest BCUT2D eigenvalue weighted by Gasteiger charge is 2.30. The maximum absolute atomic E-state index is 12.0. The van der Waals surface area contributed by atoms with Crippen molar-refractivity contribution in [3.8, 4) is 17.4 Å². The van der Waals surface area contributed by atoms with Gasteiger partial charge in [-0.3, -0.25) is 0 Å². The smallest absolute Gasteiger partial charge is 0.438 e. The summed E-state index contributed by atoms with van der Waals surface area (Å²) in [6.07, 6.45) is -3.33. The molecule has 1 aromatic carbocycles.